The molecule has 0 amide bonds. The van der Waals surface area contributed by atoms with Crippen molar-refractivity contribution in [3.8, 4) is 22.6 Å². The van der Waals surface area contributed by atoms with E-state index < -0.39 is 5.97 Å². The van der Waals surface area contributed by atoms with Gasteiger partial charge in [0.2, 0.25) is 5.43 Å². The van der Waals surface area contributed by atoms with Gasteiger partial charge in [0.15, 0.2) is 0 Å². The summed E-state index contributed by atoms with van der Waals surface area (Å²) < 4.78 is 16.5. The highest BCUT2D eigenvalue weighted by Gasteiger charge is 2.15. The molecule has 0 aliphatic carbocycles. The number of hydrogen-bond acceptors (Lipinski definition) is 5. The van der Waals surface area contributed by atoms with Crippen molar-refractivity contribution in [1.82, 2.24) is 0 Å². The molecule has 0 aliphatic rings. The van der Waals surface area contributed by atoms with Crippen LogP contribution in [0.3, 0.4) is 0 Å². The molecule has 4 rings (SSSR count). The normalized spacial score (nSPS) is 10.8. The third-order valence-electron chi connectivity index (χ3n) is 4.71. The molecule has 0 N–H and O–H groups in total. The minimum Gasteiger partial charge on any atom is -0.497 e. The highest BCUT2D eigenvalue weighted by Crippen LogP contribution is 2.28. The fourth-order valence-electron chi connectivity index (χ4n) is 3.19. The van der Waals surface area contributed by atoms with Crippen molar-refractivity contribution in [2.24, 2.45) is 0 Å². The van der Waals surface area contributed by atoms with Gasteiger partial charge in [0.25, 0.3) is 0 Å². The van der Waals surface area contributed by atoms with Crippen LogP contribution in [0.2, 0.25) is 5.02 Å². The van der Waals surface area contributed by atoms with Gasteiger partial charge in [-0.05, 0) is 61.0 Å². The van der Waals surface area contributed by atoms with Crippen LogP contribution in [0.1, 0.15) is 16.1 Å². The number of halogens is 1. The van der Waals surface area contributed by atoms with E-state index in [0.29, 0.717) is 38.6 Å². The lowest BCUT2D eigenvalue weighted by molar-refractivity contribution is 0.0735. The highest BCUT2D eigenvalue weighted by molar-refractivity contribution is 6.30. The fraction of sp³-hybridized carbons (Fsp3) is 0.0833. The van der Waals surface area contributed by atoms with Crippen LogP contribution in [0.4, 0.5) is 0 Å². The van der Waals surface area contributed by atoms with E-state index >= 15 is 0 Å². The predicted octanol–water partition coefficient (Wildman–Crippen LogP) is 5.65. The molecule has 0 saturated carbocycles. The zero-order valence-corrected chi connectivity index (χ0v) is 17.0. The topological polar surface area (TPSA) is 65.7 Å². The van der Waals surface area contributed by atoms with E-state index in [1.54, 1.807) is 62.6 Å². The number of hydrogen-bond donors (Lipinski definition) is 0. The molecule has 0 saturated heterocycles. The molecule has 1 aromatic heterocycles. The molecule has 0 atom stereocenters. The summed E-state index contributed by atoms with van der Waals surface area (Å²) in [6.07, 6.45) is 0. The van der Waals surface area contributed by atoms with Crippen molar-refractivity contribution in [2.45, 2.75) is 6.92 Å². The first kappa shape index (κ1) is 19.7. The maximum Gasteiger partial charge on any atom is 0.343 e. The predicted molar refractivity (Wildman–Crippen MR) is 116 cm³/mol. The summed E-state index contributed by atoms with van der Waals surface area (Å²) >= 11 is 5.84. The van der Waals surface area contributed by atoms with E-state index in [1.165, 1.54) is 6.07 Å². The molecule has 0 aliphatic heterocycles. The molecule has 3 aromatic carbocycles. The molecule has 5 nitrogen and oxygen atoms in total. The molecule has 6 heteroatoms. The van der Waals surface area contributed by atoms with Gasteiger partial charge in [-0.3, -0.25) is 4.79 Å². The van der Waals surface area contributed by atoms with E-state index in [4.69, 9.17) is 25.5 Å². The number of fused-ring (bicyclic) bond motifs is 1. The van der Waals surface area contributed by atoms with Gasteiger partial charge in [0.05, 0.1) is 23.6 Å². The van der Waals surface area contributed by atoms with Crippen molar-refractivity contribution in [1.29, 1.82) is 0 Å². The minimum absolute atomic E-state index is 0.158. The summed E-state index contributed by atoms with van der Waals surface area (Å²) in [5.74, 6) is 0.926. The lowest BCUT2D eigenvalue weighted by Gasteiger charge is -2.09. The minimum atomic E-state index is -0.528. The molecule has 150 valence electrons. The number of aryl methyl sites for hydroxylation is 1. The molecule has 0 unspecified atom stereocenters. The van der Waals surface area contributed by atoms with Gasteiger partial charge in [-0.25, -0.2) is 4.79 Å². The Balaban J connectivity index is 1.69. The van der Waals surface area contributed by atoms with Crippen molar-refractivity contribution >= 4 is 28.5 Å². The largest absolute Gasteiger partial charge is 0.497 e. The Morgan fingerprint density at radius 3 is 2.27 bits per heavy atom. The van der Waals surface area contributed by atoms with Crippen molar-refractivity contribution in [2.75, 3.05) is 7.11 Å². The Morgan fingerprint density at radius 2 is 1.60 bits per heavy atom. The average molecular weight is 421 g/mol. The summed E-state index contributed by atoms with van der Waals surface area (Å²) in [6.45, 7) is 1.73. The number of rotatable bonds is 4. The van der Waals surface area contributed by atoms with Gasteiger partial charge in [0, 0.05) is 11.1 Å². The standard InChI is InChI=1S/C24H17ClO5/c1-14-22(15-5-9-18(28-2)10-6-15)23(26)20-12-11-19(13-21(20)29-14)30-24(27)16-3-7-17(25)8-4-16/h3-13H,1-2H3. The van der Waals surface area contributed by atoms with Crippen LogP contribution in [0.15, 0.2) is 75.9 Å². The number of carbonyl (C=O) groups excluding carboxylic acids is 1. The number of benzene rings is 3. The molecule has 30 heavy (non-hydrogen) atoms. The average Bonchev–Trinajstić information content (AvgIpc) is 2.74. The second-order valence-electron chi connectivity index (χ2n) is 6.65. The van der Waals surface area contributed by atoms with E-state index in [-0.39, 0.29) is 11.2 Å². The lowest BCUT2D eigenvalue weighted by atomic mass is 10.0. The van der Waals surface area contributed by atoms with Crippen LogP contribution in [0.5, 0.6) is 11.5 Å². The zero-order chi connectivity index (χ0) is 21.3. The van der Waals surface area contributed by atoms with Crippen LogP contribution in [-0.4, -0.2) is 13.1 Å². The molecule has 0 radical (unpaired) electrons. The molecule has 0 fully saturated rings. The van der Waals surface area contributed by atoms with Gasteiger partial charge in [-0.2, -0.15) is 0 Å². The smallest absolute Gasteiger partial charge is 0.343 e. The van der Waals surface area contributed by atoms with Gasteiger partial charge >= 0.3 is 5.97 Å². The van der Waals surface area contributed by atoms with E-state index in [9.17, 15) is 9.59 Å². The quantitative estimate of drug-likeness (QED) is 0.315. The van der Waals surface area contributed by atoms with Crippen molar-refractivity contribution in [3.05, 3.63) is 93.3 Å². The first-order valence-electron chi connectivity index (χ1n) is 9.16. The van der Waals surface area contributed by atoms with E-state index in [2.05, 4.69) is 0 Å². The Bertz CT molecular complexity index is 1290. The third kappa shape index (κ3) is 3.80. The van der Waals surface area contributed by atoms with Gasteiger partial charge in [-0.15, -0.1) is 0 Å². The monoisotopic (exact) mass is 420 g/mol. The van der Waals surface area contributed by atoms with Crippen molar-refractivity contribution < 1.29 is 18.7 Å². The Hall–Kier alpha value is -3.57. The molecular weight excluding hydrogens is 404 g/mol. The summed E-state index contributed by atoms with van der Waals surface area (Å²) in [5.41, 5.74) is 1.77. The molecule has 0 bridgehead atoms. The summed E-state index contributed by atoms with van der Waals surface area (Å²) in [5, 5.41) is 0.930. The second kappa shape index (κ2) is 8.05. The van der Waals surface area contributed by atoms with Crippen LogP contribution < -0.4 is 14.9 Å². The van der Waals surface area contributed by atoms with Crippen LogP contribution >= 0.6 is 11.6 Å². The number of carbonyl (C=O) groups is 1. The maximum atomic E-state index is 13.1. The zero-order valence-electron chi connectivity index (χ0n) is 16.3. The lowest BCUT2D eigenvalue weighted by Crippen LogP contribution is -2.10. The van der Waals surface area contributed by atoms with Gasteiger partial charge in [-0.1, -0.05) is 23.7 Å². The molecular formula is C24H17ClO5. The van der Waals surface area contributed by atoms with Crippen LogP contribution in [-0.2, 0) is 0 Å². The second-order valence-corrected chi connectivity index (χ2v) is 7.08. The SMILES string of the molecule is COc1ccc(-c2c(C)oc3cc(OC(=O)c4ccc(Cl)cc4)ccc3c2=O)cc1. The van der Waals surface area contributed by atoms with Crippen LogP contribution in [0.25, 0.3) is 22.1 Å². The number of esters is 1. The first-order chi connectivity index (χ1) is 14.5. The van der Waals surface area contributed by atoms with Crippen molar-refractivity contribution in [3.63, 3.8) is 0 Å². The van der Waals surface area contributed by atoms with E-state index in [1.807, 2.05) is 12.1 Å². The van der Waals surface area contributed by atoms with Gasteiger partial charge < -0.3 is 13.9 Å². The summed E-state index contributed by atoms with van der Waals surface area (Å²) in [7, 11) is 1.59. The Labute approximate surface area is 177 Å². The Morgan fingerprint density at radius 1 is 0.933 bits per heavy atom. The van der Waals surface area contributed by atoms with Crippen LogP contribution in [0, 0.1) is 6.92 Å². The maximum absolute atomic E-state index is 13.1. The van der Waals surface area contributed by atoms with E-state index in [0.717, 1.165) is 5.56 Å². The third-order valence-corrected chi connectivity index (χ3v) is 4.96. The first-order valence-corrected chi connectivity index (χ1v) is 9.53. The molecule has 1 heterocycles. The number of methoxy groups -OCH3 is 1. The number of ether oxygens (including phenoxy) is 2. The molecule has 0 spiro atoms. The molecule has 4 aromatic rings. The highest BCUT2D eigenvalue weighted by atomic mass is 35.5. The Kier molecular flexibility index (Phi) is 5.29. The summed E-state index contributed by atoms with van der Waals surface area (Å²) in [6, 6.07) is 18.3. The van der Waals surface area contributed by atoms with Gasteiger partial charge in [0.1, 0.15) is 22.8 Å². The fourth-order valence-corrected chi connectivity index (χ4v) is 3.32. The summed E-state index contributed by atoms with van der Waals surface area (Å²) in [4.78, 5) is 25.4.